The Labute approximate surface area is 122 Å². The van der Waals surface area contributed by atoms with Crippen molar-refractivity contribution in [2.45, 2.75) is 12.6 Å². The minimum Gasteiger partial charge on any atom is -0.325 e. The second kappa shape index (κ2) is 5.97. The molecule has 0 saturated carbocycles. The Bertz CT molecular complexity index is 687. The first-order chi connectivity index (χ1) is 9.90. The van der Waals surface area contributed by atoms with Gasteiger partial charge in [-0.25, -0.2) is 0 Å². The maximum Gasteiger partial charge on any atom is 0.416 e. The number of carbonyl (C=O) groups excluding carboxylic acids is 1. The van der Waals surface area contributed by atoms with Gasteiger partial charge in [0.05, 0.1) is 23.2 Å². The average molecular weight is 310 g/mol. The molecule has 0 bridgehead atoms. The van der Waals surface area contributed by atoms with Gasteiger partial charge >= 0.3 is 6.18 Å². The Morgan fingerprint density at radius 2 is 2.10 bits per heavy atom. The van der Waals surface area contributed by atoms with Crippen molar-refractivity contribution in [3.8, 4) is 6.07 Å². The number of nitriles is 1. The lowest BCUT2D eigenvalue weighted by Crippen LogP contribution is -2.15. The predicted molar refractivity (Wildman–Crippen MR) is 72.8 cm³/mol. The first-order valence-electron chi connectivity index (χ1n) is 5.82. The first kappa shape index (κ1) is 15.1. The lowest BCUT2D eigenvalue weighted by molar-refractivity contribution is -0.137. The number of halogens is 3. The number of rotatable bonds is 3. The van der Waals surface area contributed by atoms with Crippen LogP contribution >= 0.6 is 11.3 Å². The van der Waals surface area contributed by atoms with E-state index in [1.165, 1.54) is 11.3 Å². The van der Waals surface area contributed by atoms with Crippen LogP contribution in [0.25, 0.3) is 0 Å². The van der Waals surface area contributed by atoms with Gasteiger partial charge < -0.3 is 5.32 Å². The highest BCUT2D eigenvalue weighted by molar-refractivity contribution is 7.08. The van der Waals surface area contributed by atoms with Crippen molar-refractivity contribution >= 4 is 22.9 Å². The monoisotopic (exact) mass is 310 g/mol. The average Bonchev–Trinajstić information content (AvgIpc) is 2.90. The summed E-state index contributed by atoms with van der Waals surface area (Å²) in [5.41, 5.74) is -0.257. The van der Waals surface area contributed by atoms with Crippen LogP contribution in [0.15, 0.2) is 35.0 Å². The Kier molecular flexibility index (Phi) is 4.29. The van der Waals surface area contributed by atoms with Gasteiger partial charge in [-0.1, -0.05) is 0 Å². The molecule has 0 saturated heterocycles. The molecule has 0 fully saturated rings. The predicted octanol–water partition coefficient (Wildman–Crippen LogP) is 3.82. The zero-order valence-electron chi connectivity index (χ0n) is 10.6. The number of alkyl halides is 3. The summed E-state index contributed by atoms with van der Waals surface area (Å²) in [6, 6.07) is 6.09. The summed E-state index contributed by atoms with van der Waals surface area (Å²) in [7, 11) is 0. The summed E-state index contributed by atoms with van der Waals surface area (Å²) < 4.78 is 37.7. The summed E-state index contributed by atoms with van der Waals surface area (Å²) in [5, 5.41) is 15.0. The van der Waals surface area contributed by atoms with Crippen molar-refractivity contribution < 1.29 is 18.0 Å². The molecular weight excluding hydrogens is 301 g/mol. The van der Waals surface area contributed by atoms with Crippen LogP contribution in [0, 0.1) is 11.3 Å². The number of amides is 1. The molecule has 0 unspecified atom stereocenters. The van der Waals surface area contributed by atoms with E-state index in [4.69, 9.17) is 5.26 Å². The summed E-state index contributed by atoms with van der Waals surface area (Å²) >= 11 is 1.44. The second-order valence-corrected chi connectivity index (χ2v) is 5.01. The van der Waals surface area contributed by atoms with Crippen LogP contribution in [0.4, 0.5) is 18.9 Å². The molecule has 0 aliphatic carbocycles. The normalized spacial score (nSPS) is 11.0. The van der Waals surface area contributed by atoms with Gasteiger partial charge in [0.2, 0.25) is 5.91 Å². The molecule has 1 heterocycles. The van der Waals surface area contributed by atoms with E-state index < -0.39 is 11.7 Å². The zero-order chi connectivity index (χ0) is 15.5. The Morgan fingerprint density at radius 3 is 2.67 bits per heavy atom. The number of benzene rings is 1. The van der Waals surface area contributed by atoms with Crippen LogP contribution in [0.2, 0.25) is 0 Å². The van der Waals surface area contributed by atoms with Crippen molar-refractivity contribution in [2.24, 2.45) is 0 Å². The smallest absolute Gasteiger partial charge is 0.325 e. The summed E-state index contributed by atoms with van der Waals surface area (Å²) in [6.45, 7) is 0. The van der Waals surface area contributed by atoms with Gasteiger partial charge in [-0.3, -0.25) is 4.79 Å². The zero-order valence-corrected chi connectivity index (χ0v) is 11.4. The lowest BCUT2D eigenvalue weighted by Gasteiger charge is -2.10. The SMILES string of the molecule is N#Cc1cc(C(F)(F)F)ccc1NC(=O)Cc1ccsc1. The van der Waals surface area contributed by atoms with Gasteiger partial charge in [0, 0.05) is 0 Å². The van der Waals surface area contributed by atoms with Crippen molar-refractivity contribution in [1.29, 1.82) is 5.26 Å². The van der Waals surface area contributed by atoms with Crippen LogP contribution in [-0.2, 0) is 17.4 Å². The molecule has 2 rings (SSSR count). The fraction of sp³-hybridized carbons (Fsp3) is 0.143. The third-order valence-electron chi connectivity index (χ3n) is 2.69. The number of hydrogen-bond acceptors (Lipinski definition) is 3. The maximum atomic E-state index is 12.6. The number of nitrogens with zero attached hydrogens (tertiary/aromatic N) is 1. The highest BCUT2D eigenvalue weighted by Crippen LogP contribution is 2.31. The third kappa shape index (κ3) is 3.83. The fourth-order valence-electron chi connectivity index (χ4n) is 1.70. The van der Waals surface area contributed by atoms with E-state index in [1.807, 2.05) is 5.38 Å². The molecule has 21 heavy (non-hydrogen) atoms. The summed E-state index contributed by atoms with van der Waals surface area (Å²) in [5.74, 6) is -0.385. The molecule has 0 radical (unpaired) electrons. The molecule has 1 aromatic carbocycles. The van der Waals surface area contributed by atoms with Gasteiger partial charge in [-0.05, 0) is 40.6 Å². The van der Waals surface area contributed by atoms with Gasteiger partial charge in [-0.2, -0.15) is 29.8 Å². The molecule has 2 aromatic rings. The minimum absolute atomic E-state index is 0.0747. The van der Waals surface area contributed by atoms with E-state index in [0.29, 0.717) is 0 Å². The van der Waals surface area contributed by atoms with Gasteiger partial charge in [0.15, 0.2) is 0 Å². The highest BCUT2D eigenvalue weighted by atomic mass is 32.1. The van der Waals surface area contributed by atoms with E-state index in [1.54, 1.807) is 17.5 Å². The fourth-order valence-corrected chi connectivity index (χ4v) is 2.36. The van der Waals surface area contributed by atoms with E-state index >= 15 is 0 Å². The van der Waals surface area contributed by atoms with E-state index in [-0.39, 0.29) is 23.6 Å². The molecule has 7 heteroatoms. The Hall–Kier alpha value is -2.33. The van der Waals surface area contributed by atoms with Crippen LogP contribution in [0.1, 0.15) is 16.7 Å². The molecule has 1 aromatic heterocycles. The van der Waals surface area contributed by atoms with Gasteiger partial charge in [0.1, 0.15) is 6.07 Å². The quantitative estimate of drug-likeness (QED) is 0.937. The minimum atomic E-state index is -4.52. The standard InChI is InChI=1S/C14H9F3N2OS/c15-14(16,17)11-1-2-12(10(6-11)7-18)19-13(20)5-9-3-4-21-8-9/h1-4,6,8H,5H2,(H,19,20). The molecule has 0 spiro atoms. The Balaban J connectivity index is 2.17. The van der Waals surface area contributed by atoms with Crippen molar-refractivity contribution in [2.75, 3.05) is 5.32 Å². The second-order valence-electron chi connectivity index (χ2n) is 4.23. The first-order valence-corrected chi connectivity index (χ1v) is 6.76. The lowest BCUT2D eigenvalue weighted by atomic mass is 10.1. The number of carbonyl (C=O) groups is 1. The topological polar surface area (TPSA) is 52.9 Å². The summed E-state index contributed by atoms with van der Waals surface area (Å²) in [4.78, 5) is 11.8. The number of hydrogen-bond donors (Lipinski definition) is 1. The maximum absolute atomic E-state index is 12.6. The van der Waals surface area contributed by atoms with Crippen LogP contribution in [0.3, 0.4) is 0 Å². The number of anilines is 1. The van der Waals surface area contributed by atoms with Crippen LogP contribution in [0.5, 0.6) is 0 Å². The summed E-state index contributed by atoms with van der Waals surface area (Å²) in [6.07, 6.45) is -4.42. The van der Waals surface area contributed by atoms with E-state index in [0.717, 1.165) is 23.8 Å². The van der Waals surface area contributed by atoms with Crippen molar-refractivity contribution in [3.63, 3.8) is 0 Å². The number of nitrogens with one attached hydrogen (secondary N) is 1. The van der Waals surface area contributed by atoms with Gasteiger partial charge in [-0.15, -0.1) is 0 Å². The molecular formula is C14H9F3N2OS. The third-order valence-corrected chi connectivity index (χ3v) is 3.42. The largest absolute Gasteiger partial charge is 0.416 e. The van der Waals surface area contributed by atoms with Crippen LogP contribution in [-0.4, -0.2) is 5.91 Å². The van der Waals surface area contributed by atoms with Crippen molar-refractivity contribution in [3.05, 3.63) is 51.7 Å². The molecule has 0 atom stereocenters. The molecule has 108 valence electrons. The highest BCUT2D eigenvalue weighted by Gasteiger charge is 2.31. The number of thiophene rings is 1. The molecule has 3 nitrogen and oxygen atoms in total. The van der Waals surface area contributed by atoms with Gasteiger partial charge in [0.25, 0.3) is 0 Å². The molecule has 0 aliphatic rings. The van der Waals surface area contributed by atoms with Crippen LogP contribution < -0.4 is 5.32 Å². The van der Waals surface area contributed by atoms with E-state index in [2.05, 4.69) is 5.32 Å². The van der Waals surface area contributed by atoms with Crippen molar-refractivity contribution in [1.82, 2.24) is 0 Å². The molecule has 0 aliphatic heterocycles. The van der Waals surface area contributed by atoms with E-state index in [9.17, 15) is 18.0 Å². The molecule has 1 N–H and O–H groups in total. The molecule has 1 amide bonds. The Morgan fingerprint density at radius 1 is 1.33 bits per heavy atom.